The fourth-order valence-electron chi connectivity index (χ4n) is 0.976. The van der Waals surface area contributed by atoms with E-state index < -0.39 is 15.3 Å². The summed E-state index contributed by atoms with van der Waals surface area (Å²) in [4.78, 5) is 0. The van der Waals surface area contributed by atoms with Crippen LogP contribution >= 0.6 is 0 Å². The molecule has 0 aliphatic carbocycles. The maximum absolute atomic E-state index is 5.46. The first-order valence-electron chi connectivity index (χ1n) is 3.58. The van der Waals surface area contributed by atoms with Gasteiger partial charge < -0.3 is 0 Å². The van der Waals surface area contributed by atoms with E-state index in [1.165, 1.54) is 4.35 Å². The molecule has 2 rings (SSSR count). The first kappa shape index (κ1) is 7.35. The van der Waals surface area contributed by atoms with E-state index >= 15 is 0 Å². The Morgan fingerprint density at radius 3 is 2.27 bits per heavy atom. The van der Waals surface area contributed by atoms with Crippen molar-refractivity contribution in [2.24, 2.45) is 0 Å². The zero-order chi connectivity index (χ0) is 7.52. The number of rotatable bonds is 1. The van der Waals surface area contributed by atoms with Crippen LogP contribution in [-0.2, 0) is 7.45 Å². The molecule has 0 amide bonds. The topological polar surface area (TPSA) is 18.5 Å². The Hall–Kier alpha value is -0.302. The van der Waals surface area contributed by atoms with Crippen LogP contribution in [0.4, 0.5) is 0 Å². The minimum absolute atomic E-state index is 0.773. The minimum atomic E-state index is -1.50. The molecule has 3 heteroatoms. The molecule has 1 heterocycles. The van der Waals surface area contributed by atoms with Gasteiger partial charge in [-0.2, -0.15) is 0 Å². The van der Waals surface area contributed by atoms with Crippen LogP contribution < -0.4 is 4.35 Å². The van der Waals surface area contributed by atoms with Gasteiger partial charge in [0, 0.05) is 0 Å². The van der Waals surface area contributed by atoms with Crippen molar-refractivity contribution in [2.75, 3.05) is 13.2 Å². The molecule has 1 saturated heterocycles. The molecule has 1 aliphatic heterocycles. The molecule has 1 fully saturated rings. The van der Waals surface area contributed by atoms with Gasteiger partial charge in [-0.05, 0) is 0 Å². The molecule has 0 spiro atoms. The Balaban J connectivity index is 2.16. The Morgan fingerprint density at radius 1 is 1.00 bits per heavy atom. The van der Waals surface area contributed by atoms with Crippen molar-refractivity contribution in [1.29, 1.82) is 0 Å². The molecule has 0 aromatic heterocycles. The predicted octanol–water partition coefficient (Wildman–Crippen LogP) is 0.429. The van der Waals surface area contributed by atoms with E-state index in [4.69, 9.17) is 7.45 Å². The maximum atomic E-state index is 5.46. The molecule has 0 saturated carbocycles. The molecular formula is C8H9AsO2. The van der Waals surface area contributed by atoms with Gasteiger partial charge in [0.2, 0.25) is 0 Å². The summed E-state index contributed by atoms with van der Waals surface area (Å²) < 4.78 is 12.2. The van der Waals surface area contributed by atoms with E-state index in [9.17, 15) is 0 Å². The quantitative estimate of drug-likeness (QED) is 0.628. The number of hydrogen-bond acceptors (Lipinski definition) is 2. The summed E-state index contributed by atoms with van der Waals surface area (Å²) in [7, 11) is 0. The van der Waals surface area contributed by atoms with Gasteiger partial charge in [0.25, 0.3) is 0 Å². The molecule has 1 aliphatic rings. The Bertz CT molecular complexity index is 219. The number of benzene rings is 1. The third-order valence-electron chi connectivity index (χ3n) is 1.47. The van der Waals surface area contributed by atoms with Crippen molar-refractivity contribution < 1.29 is 7.45 Å². The Kier molecular flexibility index (Phi) is 2.27. The second-order valence-corrected chi connectivity index (χ2v) is 5.50. The van der Waals surface area contributed by atoms with Crippen molar-refractivity contribution in [3.05, 3.63) is 30.3 Å². The molecule has 0 N–H and O–H groups in total. The summed E-state index contributed by atoms with van der Waals surface area (Å²) >= 11 is -1.50. The van der Waals surface area contributed by atoms with E-state index in [0.717, 1.165) is 13.2 Å². The van der Waals surface area contributed by atoms with Crippen molar-refractivity contribution in [3.63, 3.8) is 0 Å². The van der Waals surface area contributed by atoms with E-state index in [2.05, 4.69) is 12.1 Å². The van der Waals surface area contributed by atoms with Gasteiger partial charge in [0.05, 0.1) is 0 Å². The van der Waals surface area contributed by atoms with Crippen LogP contribution in [0.15, 0.2) is 30.3 Å². The summed E-state index contributed by atoms with van der Waals surface area (Å²) in [6, 6.07) is 10.2. The van der Waals surface area contributed by atoms with Gasteiger partial charge in [-0.15, -0.1) is 0 Å². The second-order valence-electron chi connectivity index (χ2n) is 2.26. The first-order chi connectivity index (χ1) is 5.47. The van der Waals surface area contributed by atoms with Crippen LogP contribution in [0.1, 0.15) is 0 Å². The van der Waals surface area contributed by atoms with Crippen molar-refractivity contribution in [2.45, 2.75) is 0 Å². The van der Waals surface area contributed by atoms with Gasteiger partial charge in [-0.3, -0.25) is 0 Å². The van der Waals surface area contributed by atoms with Crippen molar-refractivity contribution in [1.82, 2.24) is 0 Å². The fourth-order valence-corrected chi connectivity index (χ4v) is 3.64. The third-order valence-corrected chi connectivity index (χ3v) is 4.73. The van der Waals surface area contributed by atoms with Crippen molar-refractivity contribution in [3.8, 4) is 0 Å². The Morgan fingerprint density at radius 2 is 1.64 bits per heavy atom. The molecule has 11 heavy (non-hydrogen) atoms. The first-order valence-corrected chi connectivity index (χ1v) is 6.05. The van der Waals surface area contributed by atoms with Gasteiger partial charge in [-0.1, -0.05) is 0 Å². The summed E-state index contributed by atoms with van der Waals surface area (Å²) in [5.74, 6) is 0. The van der Waals surface area contributed by atoms with Crippen LogP contribution in [-0.4, -0.2) is 28.5 Å². The standard InChI is InChI=1S/C8H9AsO2/c1-2-4-8(5-3-1)9-10-6-7-11-9/h1-5H,6-7H2. The summed E-state index contributed by atoms with van der Waals surface area (Å²) in [6.07, 6.45) is 0. The zero-order valence-corrected chi connectivity index (χ0v) is 7.94. The van der Waals surface area contributed by atoms with Crippen LogP contribution in [0.2, 0.25) is 0 Å². The molecule has 0 bridgehead atoms. The summed E-state index contributed by atoms with van der Waals surface area (Å²) in [5.41, 5.74) is 0. The van der Waals surface area contributed by atoms with Gasteiger partial charge in [0.1, 0.15) is 0 Å². The fraction of sp³-hybridized carbons (Fsp3) is 0.250. The van der Waals surface area contributed by atoms with Gasteiger partial charge in [-0.25, -0.2) is 0 Å². The molecule has 0 atom stereocenters. The molecule has 58 valence electrons. The van der Waals surface area contributed by atoms with Gasteiger partial charge in [0.15, 0.2) is 0 Å². The Labute approximate surface area is 71.1 Å². The molecule has 1 aromatic carbocycles. The van der Waals surface area contributed by atoms with Crippen LogP contribution in [0.25, 0.3) is 0 Å². The molecule has 0 unspecified atom stereocenters. The number of hydrogen-bond donors (Lipinski definition) is 0. The van der Waals surface area contributed by atoms with Crippen molar-refractivity contribution >= 4 is 19.7 Å². The third kappa shape index (κ3) is 1.64. The monoisotopic (exact) mass is 212 g/mol. The average Bonchev–Trinajstić information content (AvgIpc) is 2.58. The zero-order valence-electron chi connectivity index (χ0n) is 6.06. The van der Waals surface area contributed by atoms with E-state index in [0.29, 0.717) is 0 Å². The van der Waals surface area contributed by atoms with Gasteiger partial charge >= 0.3 is 70.7 Å². The van der Waals surface area contributed by atoms with E-state index in [1.807, 2.05) is 18.2 Å². The summed E-state index contributed by atoms with van der Waals surface area (Å²) in [5, 5.41) is 0. The second kappa shape index (κ2) is 3.40. The average molecular weight is 212 g/mol. The molecular weight excluding hydrogens is 203 g/mol. The van der Waals surface area contributed by atoms with E-state index in [1.54, 1.807) is 0 Å². The molecule has 2 nitrogen and oxygen atoms in total. The summed E-state index contributed by atoms with van der Waals surface area (Å²) in [6.45, 7) is 1.55. The SMILES string of the molecule is c1ccc([As]2OCCO2)cc1. The molecule has 0 radical (unpaired) electrons. The van der Waals surface area contributed by atoms with Crippen LogP contribution in [0.3, 0.4) is 0 Å². The predicted molar refractivity (Wildman–Crippen MR) is 43.7 cm³/mol. The van der Waals surface area contributed by atoms with Crippen LogP contribution in [0.5, 0.6) is 0 Å². The normalized spacial score (nSPS) is 18.9. The van der Waals surface area contributed by atoms with E-state index in [-0.39, 0.29) is 0 Å². The van der Waals surface area contributed by atoms with Crippen LogP contribution in [0, 0.1) is 0 Å². The molecule has 1 aromatic rings.